The number of hydrogen-bond donors (Lipinski definition) is 3. The van der Waals surface area contributed by atoms with Gasteiger partial charge in [-0.05, 0) is 24.6 Å². The fraction of sp³-hybridized carbons (Fsp3) is 0.133. The van der Waals surface area contributed by atoms with E-state index in [0.29, 0.717) is 9.04 Å². The SMILES string of the molecule is Cc1ccc(NC(=O)CSc2nc3[nH]c(=O)cc(O)c3s2)c(F)c1. The number of thioether (sulfide) groups is 1. The van der Waals surface area contributed by atoms with Crippen LogP contribution in [-0.2, 0) is 4.79 Å². The highest BCUT2D eigenvalue weighted by Crippen LogP contribution is 2.32. The first-order valence-corrected chi connectivity index (χ1v) is 8.64. The molecular formula is C15H12FN3O3S2. The van der Waals surface area contributed by atoms with E-state index in [9.17, 15) is 19.1 Å². The number of halogens is 1. The van der Waals surface area contributed by atoms with Gasteiger partial charge in [0, 0.05) is 6.07 Å². The van der Waals surface area contributed by atoms with Crippen molar-refractivity contribution in [1.29, 1.82) is 0 Å². The number of H-pyrrole nitrogens is 1. The fourth-order valence-corrected chi connectivity index (χ4v) is 3.81. The quantitative estimate of drug-likeness (QED) is 0.618. The van der Waals surface area contributed by atoms with Crippen molar-refractivity contribution >= 4 is 45.0 Å². The van der Waals surface area contributed by atoms with E-state index < -0.39 is 11.4 Å². The number of aromatic nitrogens is 2. The molecule has 0 aliphatic carbocycles. The van der Waals surface area contributed by atoms with Gasteiger partial charge in [-0.3, -0.25) is 9.59 Å². The van der Waals surface area contributed by atoms with Gasteiger partial charge in [0.15, 0.2) is 9.99 Å². The molecule has 2 aromatic heterocycles. The predicted molar refractivity (Wildman–Crippen MR) is 92.4 cm³/mol. The topological polar surface area (TPSA) is 95.1 Å². The van der Waals surface area contributed by atoms with E-state index in [2.05, 4.69) is 15.3 Å². The molecule has 0 aliphatic heterocycles. The standard InChI is InChI=1S/C15H12FN3O3S2/c1-7-2-3-9(8(16)4-7)17-12(22)6-23-15-19-14-13(24-15)10(20)5-11(21)18-14/h2-5H,6H2,1H3,(H,17,22)(H2,18,20,21). The summed E-state index contributed by atoms with van der Waals surface area (Å²) >= 11 is 2.30. The molecule has 9 heteroatoms. The number of amides is 1. The third-order valence-corrected chi connectivity index (χ3v) is 5.30. The minimum absolute atomic E-state index is 0.0259. The van der Waals surface area contributed by atoms with Crippen molar-refractivity contribution in [3.8, 4) is 5.75 Å². The van der Waals surface area contributed by atoms with Crippen molar-refractivity contribution in [2.45, 2.75) is 11.3 Å². The lowest BCUT2D eigenvalue weighted by molar-refractivity contribution is -0.113. The summed E-state index contributed by atoms with van der Waals surface area (Å²) in [5, 5.41) is 12.2. The van der Waals surface area contributed by atoms with Crippen LogP contribution in [0, 0.1) is 12.7 Å². The number of carbonyl (C=O) groups excluding carboxylic acids is 1. The molecule has 0 atom stereocenters. The molecule has 0 saturated carbocycles. The number of nitrogens with zero attached hydrogens (tertiary/aromatic N) is 1. The highest BCUT2D eigenvalue weighted by Gasteiger charge is 2.12. The number of nitrogens with one attached hydrogen (secondary N) is 2. The third-order valence-electron chi connectivity index (χ3n) is 3.08. The summed E-state index contributed by atoms with van der Waals surface area (Å²) < 4.78 is 14.7. The molecule has 3 aromatic rings. The number of benzene rings is 1. The Hall–Kier alpha value is -2.39. The van der Waals surface area contributed by atoms with Gasteiger partial charge in [-0.1, -0.05) is 17.8 Å². The fourth-order valence-electron chi connectivity index (χ4n) is 2.00. The number of aromatic hydroxyl groups is 1. The van der Waals surface area contributed by atoms with E-state index in [0.717, 1.165) is 34.7 Å². The van der Waals surface area contributed by atoms with Gasteiger partial charge < -0.3 is 15.4 Å². The molecule has 0 radical (unpaired) electrons. The Morgan fingerprint density at radius 3 is 3.00 bits per heavy atom. The predicted octanol–water partition coefficient (Wildman–Crippen LogP) is 2.87. The summed E-state index contributed by atoms with van der Waals surface area (Å²) in [7, 11) is 0. The molecule has 0 aliphatic rings. The molecule has 2 heterocycles. The second-order valence-corrected chi connectivity index (χ2v) is 7.22. The van der Waals surface area contributed by atoms with Gasteiger partial charge in [0.1, 0.15) is 16.3 Å². The molecule has 6 nitrogen and oxygen atoms in total. The summed E-state index contributed by atoms with van der Waals surface area (Å²) in [4.78, 5) is 29.9. The van der Waals surface area contributed by atoms with Crippen LogP contribution < -0.4 is 10.9 Å². The normalized spacial score (nSPS) is 10.9. The average molecular weight is 365 g/mol. The molecule has 1 aromatic carbocycles. The Kier molecular flexibility index (Phi) is 4.54. The van der Waals surface area contributed by atoms with Gasteiger partial charge in [0.05, 0.1) is 11.4 Å². The lowest BCUT2D eigenvalue weighted by Gasteiger charge is -2.06. The first-order chi connectivity index (χ1) is 11.4. The van der Waals surface area contributed by atoms with Gasteiger partial charge in [-0.15, -0.1) is 11.3 Å². The van der Waals surface area contributed by atoms with Crippen LogP contribution in [0.25, 0.3) is 10.3 Å². The summed E-state index contributed by atoms with van der Waals surface area (Å²) in [6.45, 7) is 1.76. The Balaban J connectivity index is 1.68. The van der Waals surface area contributed by atoms with Gasteiger partial charge in [0.25, 0.3) is 5.56 Å². The van der Waals surface area contributed by atoms with Crippen LogP contribution in [-0.4, -0.2) is 26.7 Å². The van der Waals surface area contributed by atoms with Crippen molar-refractivity contribution in [1.82, 2.24) is 9.97 Å². The van der Waals surface area contributed by atoms with E-state index in [4.69, 9.17) is 0 Å². The van der Waals surface area contributed by atoms with E-state index in [1.807, 2.05) is 0 Å². The summed E-state index contributed by atoms with van der Waals surface area (Å²) in [5.74, 6) is -0.988. The first kappa shape index (κ1) is 16.5. The largest absolute Gasteiger partial charge is 0.506 e. The highest BCUT2D eigenvalue weighted by atomic mass is 32.2. The second-order valence-electron chi connectivity index (χ2n) is 5.00. The average Bonchev–Trinajstić information content (AvgIpc) is 2.91. The molecule has 3 rings (SSSR count). The number of carbonyl (C=O) groups is 1. The number of anilines is 1. The Bertz CT molecular complexity index is 984. The first-order valence-electron chi connectivity index (χ1n) is 6.84. The molecule has 3 N–H and O–H groups in total. The zero-order valence-corrected chi connectivity index (χ0v) is 14.1. The number of aryl methyl sites for hydroxylation is 1. The van der Waals surface area contributed by atoms with Crippen molar-refractivity contribution < 1.29 is 14.3 Å². The van der Waals surface area contributed by atoms with Gasteiger partial charge in [-0.2, -0.15) is 0 Å². The van der Waals surface area contributed by atoms with Crippen LogP contribution in [0.2, 0.25) is 0 Å². The lowest BCUT2D eigenvalue weighted by atomic mass is 10.2. The molecule has 124 valence electrons. The molecule has 0 spiro atoms. The van der Waals surface area contributed by atoms with Crippen molar-refractivity contribution in [2.75, 3.05) is 11.1 Å². The monoisotopic (exact) mass is 365 g/mol. The van der Waals surface area contributed by atoms with Crippen LogP contribution in [0.1, 0.15) is 5.56 Å². The zero-order chi connectivity index (χ0) is 17.3. The minimum atomic E-state index is -0.490. The van der Waals surface area contributed by atoms with Crippen LogP contribution in [0.4, 0.5) is 10.1 Å². The lowest BCUT2D eigenvalue weighted by Crippen LogP contribution is -2.15. The van der Waals surface area contributed by atoms with Crippen molar-refractivity contribution in [3.63, 3.8) is 0 Å². The van der Waals surface area contributed by atoms with Gasteiger partial charge in [0.2, 0.25) is 5.91 Å². The molecule has 1 amide bonds. The van der Waals surface area contributed by atoms with Crippen LogP contribution in [0.15, 0.2) is 33.4 Å². The van der Waals surface area contributed by atoms with E-state index >= 15 is 0 Å². The molecule has 24 heavy (non-hydrogen) atoms. The third kappa shape index (κ3) is 3.57. The van der Waals surface area contributed by atoms with Crippen LogP contribution in [0.3, 0.4) is 0 Å². The number of hydrogen-bond acceptors (Lipinski definition) is 6. The minimum Gasteiger partial charge on any atom is -0.506 e. The van der Waals surface area contributed by atoms with Crippen LogP contribution >= 0.6 is 23.1 Å². The molecule has 0 bridgehead atoms. The van der Waals surface area contributed by atoms with Crippen molar-refractivity contribution in [2.24, 2.45) is 0 Å². The maximum Gasteiger partial charge on any atom is 0.253 e. The highest BCUT2D eigenvalue weighted by molar-refractivity contribution is 8.01. The number of thiazole rings is 1. The van der Waals surface area contributed by atoms with E-state index in [1.54, 1.807) is 13.0 Å². The zero-order valence-electron chi connectivity index (χ0n) is 12.4. The molecule has 0 saturated heterocycles. The van der Waals surface area contributed by atoms with Crippen molar-refractivity contribution in [3.05, 3.63) is 46.0 Å². The molecule has 0 fully saturated rings. The molecular weight excluding hydrogens is 353 g/mol. The van der Waals surface area contributed by atoms with Gasteiger partial charge in [-0.25, -0.2) is 9.37 Å². The number of fused-ring (bicyclic) bond motifs is 1. The van der Waals surface area contributed by atoms with E-state index in [1.165, 1.54) is 12.1 Å². The summed E-state index contributed by atoms with van der Waals surface area (Å²) in [5.41, 5.74) is 0.715. The number of rotatable bonds is 4. The Morgan fingerprint density at radius 1 is 1.46 bits per heavy atom. The maximum atomic E-state index is 13.7. The second kappa shape index (κ2) is 6.62. The molecule has 0 unspecified atom stereocenters. The van der Waals surface area contributed by atoms with Crippen LogP contribution in [0.5, 0.6) is 5.75 Å². The number of pyridine rings is 1. The van der Waals surface area contributed by atoms with E-state index in [-0.39, 0.29) is 28.7 Å². The Labute approximate surface area is 143 Å². The smallest absolute Gasteiger partial charge is 0.253 e. The Morgan fingerprint density at radius 2 is 2.25 bits per heavy atom. The summed E-state index contributed by atoms with van der Waals surface area (Å²) in [6, 6.07) is 5.63. The summed E-state index contributed by atoms with van der Waals surface area (Å²) in [6.07, 6.45) is 0. The maximum absolute atomic E-state index is 13.7. The number of aromatic amines is 1. The van der Waals surface area contributed by atoms with Gasteiger partial charge >= 0.3 is 0 Å².